The number of ether oxygens (including phenoxy) is 1. The summed E-state index contributed by atoms with van der Waals surface area (Å²) in [6.45, 7) is 6.92. The Hall–Kier alpha value is -1.77. The van der Waals surface area contributed by atoms with Gasteiger partial charge in [0.05, 0.1) is 12.5 Å². The first-order chi connectivity index (χ1) is 13.1. The molecule has 1 aliphatic heterocycles. The van der Waals surface area contributed by atoms with Crippen molar-refractivity contribution in [2.45, 2.75) is 33.1 Å². The van der Waals surface area contributed by atoms with Crippen LogP contribution in [-0.2, 0) is 16.0 Å². The molecule has 0 amide bonds. The summed E-state index contributed by atoms with van der Waals surface area (Å²) in [5, 5.41) is 4.77. The van der Waals surface area contributed by atoms with Gasteiger partial charge in [0.15, 0.2) is 5.96 Å². The normalized spacial score (nSPS) is 15.4. The highest BCUT2D eigenvalue weighted by Gasteiger charge is 2.27. The Kier molecular flexibility index (Phi) is 8.59. The SMILES string of the molecule is CCOC(=O)C1CCN(C(=NC)NCCc2c[nH]c3c(C)cccc23)CC1.I. The predicted octanol–water partition coefficient (Wildman–Crippen LogP) is 3.49. The van der Waals surface area contributed by atoms with E-state index in [1.54, 1.807) is 0 Å². The van der Waals surface area contributed by atoms with E-state index in [1.165, 1.54) is 22.0 Å². The quantitative estimate of drug-likeness (QED) is 0.287. The van der Waals surface area contributed by atoms with Crippen LogP contribution in [0.25, 0.3) is 10.9 Å². The summed E-state index contributed by atoms with van der Waals surface area (Å²) in [5.74, 6) is 0.872. The maximum atomic E-state index is 11.9. The van der Waals surface area contributed by atoms with Crippen molar-refractivity contribution in [3.05, 3.63) is 35.5 Å². The average molecular weight is 498 g/mol. The van der Waals surface area contributed by atoms with Crippen molar-refractivity contribution in [1.82, 2.24) is 15.2 Å². The van der Waals surface area contributed by atoms with E-state index in [4.69, 9.17) is 4.74 Å². The van der Waals surface area contributed by atoms with Crippen LogP contribution in [0.2, 0.25) is 0 Å². The van der Waals surface area contributed by atoms with Gasteiger partial charge < -0.3 is 19.9 Å². The van der Waals surface area contributed by atoms with Gasteiger partial charge in [-0.3, -0.25) is 9.79 Å². The van der Waals surface area contributed by atoms with Gasteiger partial charge in [0.1, 0.15) is 0 Å². The second-order valence-corrected chi connectivity index (χ2v) is 7.05. The van der Waals surface area contributed by atoms with Crippen LogP contribution in [0.4, 0.5) is 0 Å². The van der Waals surface area contributed by atoms with E-state index in [2.05, 4.69) is 51.5 Å². The van der Waals surface area contributed by atoms with Gasteiger partial charge in [-0.1, -0.05) is 18.2 Å². The number of aromatic amines is 1. The third-order valence-electron chi connectivity index (χ3n) is 5.31. The van der Waals surface area contributed by atoms with E-state index >= 15 is 0 Å². The molecule has 0 aliphatic carbocycles. The number of likely N-dealkylation sites (tertiary alicyclic amines) is 1. The van der Waals surface area contributed by atoms with Crippen molar-refractivity contribution in [3.8, 4) is 0 Å². The van der Waals surface area contributed by atoms with Crippen LogP contribution in [0.3, 0.4) is 0 Å². The molecular formula is C21H31IN4O2. The number of carbonyl (C=O) groups is 1. The molecule has 1 aromatic carbocycles. The number of esters is 1. The van der Waals surface area contributed by atoms with Gasteiger partial charge in [0.2, 0.25) is 0 Å². The summed E-state index contributed by atoms with van der Waals surface area (Å²) in [7, 11) is 1.81. The van der Waals surface area contributed by atoms with Crippen molar-refractivity contribution in [3.63, 3.8) is 0 Å². The number of aliphatic imine (C=N–C) groups is 1. The number of nitrogens with one attached hydrogen (secondary N) is 2. The number of fused-ring (bicyclic) bond motifs is 1. The summed E-state index contributed by atoms with van der Waals surface area (Å²) in [6.07, 6.45) is 4.68. The fraction of sp³-hybridized carbons (Fsp3) is 0.524. The zero-order valence-electron chi connectivity index (χ0n) is 17.0. The van der Waals surface area contributed by atoms with Gasteiger partial charge in [0.25, 0.3) is 0 Å². The zero-order chi connectivity index (χ0) is 19.2. The number of aryl methyl sites for hydroxylation is 1. The van der Waals surface area contributed by atoms with Crippen molar-refractivity contribution in [1.29, 1.82) is 0 Å². The summed E-state index contributed by atoms with van der Waals surface area (Å²) < 4.78 is 5.15. The van der Waals surface area contributed by atoms with Crippen LogP contribution >= 0.6 is 24.0 Å². The van der Waals surface area contributed by atoms with Crippen molar-refractivity contribution in [2.24, 2.45) is 10.9 Å². The molecule has 1 fully saturated rings. The number of rotatable bonds is 5. The Morgan fingerprint density at radius 2 is 2.11 bits per heavy atom. The summed E-state index contributed by atoms with van der Waals surface area (Å²) in [4.78, 5) is 21.9. The number of hydrogen-bond donors (Lipinski definition) is 2. The average Bonchev–Trinajstić information content (AvgIpc) is 3.10. The molecule has 154 valence electrons. The van der Waals surface area contributed by atoms with Crippen LogP contribution in [-0.4, -0.2) is 55.1 Å². The molecule has 6 nitrogen and oxygen atoms in total. The molecule has 0 bridgehead atoms. The van der Waals surface area contributed by atoms with Crippen LogP contribution in [0.15, 0.2) is 29.4 Å². The minimum absolute atomic E-state index is 0. The van der Waals surface area contributed by atoms with E-state index in [1.807, 2.05) is 14.0 Å². The number of guanidine groups is 1. The molecule has 1 aliphatic rings. The molecule has 0 spiro atoms. The first-order valence-electron chi connectivity index (χ1n) is 9.81. The van der Waals surface area contributed by atoms with Crippen molar-refractivity contribution >= 4 is 46.8 Å². The highest BCUT2D eigenvalue weighted by Crippen LogP contribution is 2.21. The molecule has 1 aromatic heterocycles. The second kappa shape index (κ2) is 10.7. The van der Waals surface area contributed by atoms with Gasteiger partial charge in [-0.2, -0.15) is 0 Å². The molecule has 2 aromatic rings. The number of carbonyl (C=O) groups excluding carboxylic acids is 1. The van der Waals surface area contributed by atoms with Crippen LogP contribution in [0.5, 0.6) is 0 Å². The molecule has 0 radical (unpaired) electrons. The maximum absolute atomic E-state index is 11.9. The molecule has 1 saturated heterocycles. The summed E-state index contributed by atoms with van der Waals surface area (Å²) in [6, 6.07) is 6.40. The number of hydrogen-bond acceptors (Lipinski definition) is 3. The first kappa shape index (κ1) is 22.5. The molecule has 0 atom stereocenters. The summed E-state index contributed by atoms with van der Waals surface area (Å²) >= 11 is 0. The minimum atomic E-state index is -0.0604. The van der Waals surface area contributed by atoms with Crippen LogP contribution in [0.1, 0.15) is 30.9 Å². The van der Waals surface area contributed by atoms with Crippen molar-refractivity contribution in [2.75, 3.05) is 33.3 Å². The molecule has 3 rings (SSSR count). The number of H-pyrrole nitrogens is 1. The fourth-order valence-electron chi connectivity index (χ4n) is 3.80. The predicted molar refractivity (Wildman–Crippen MR) is 124 cm³/mol. The minimum Gasteiger partial charge on any atom is -0.466 e. The molecule has 0 saturated carbocycles. The standard InChI is InChI=1S/C21H30N4O2.HI/c1-4-27-20(26)16-9-12-25(13-10-16)21(22-3)23-11-8-17-14-24-19-15(2)6-5-7-18(17)19;/h5-7,14,16,24H,4,8-13H2,1-3H3,(H,22,23);1H. The van der Waals surface area contributed by atoms with Gasteiger partial charge in [-0.15, -0.1) is 24.0 Å². The Morgan fingerprint density at radius 1 is 1.36 bits per heavy atom. The molecule has 28 heavy (non-hydrogen) atoms. The molecule has 0 unspecified atom stereocenters. The third kappa shape index (κ3) is 5.18. The topological polar surface area (TPSA) is 69.7 Å². The van der Waals surface area contributed by atoms with Crippen LogP contribution in [0, 0.1) is 12.8 Å². The van der Waals surface area contributed by atoms with Gasteiger partial charge >= 0.3 is 5.97 Å². The molecule has 7 heteroatoms. The highest BCUT2D eigenvalue weighted by atomic mass is 127. The number of nitrogens with zero attached hydrogens (tertiary/aromatic N) is 2. The molecule has 2 N–H and O–H groups in total. The largest absolute Gasteiger partial charge is 0.466 e. The molecular weight excluding hydrogens is 467 g/mol. The third-order valence-corrected chi connectivity index (χ3v) is 5.31. The van der Waals surface area contributed by atoms with Gasteiger partial charge in [-0.25, -0.2) is 0 Å². The Labute approximate surface area is 184 Å². The lowest BCUT2D eigenvalue weighted by Gasteiger charge is -2.33. The van der Waals surface area contributed by atoms with E-state index in [-0.39, 0.29) is 35.9 Å². The number of para-hydroxylation sites is 1. The first-order valence-corrected chi connectivity index (χ1v) is 9.81. The highest BCUT2D eigenvalue weighted by molar-refractivity contribution is 14.0. The number of aromatic nitrogens is 1. The second-order valence-electron chi connectivity index (χ2n) is 7.05. The number of benzene rings is 1. The smallest absolute Gasteiger partial charge is 0.309 e. The Morgan fingerprint density at radius 3 is 2.79 bits per heavy atom. The number of piperidine rings is 1. The molecule has 2 heterocycles. The van der Waals surface area contributed by atoms with E-state index in [9.17, 15) is 4.79 Å². The Bertz CT molecular complexity index is 810. The van der Waals surface area contributed by atoms with Crippen LogP contribution < -0.4 is 5.32 Å². The fourth-order valence-corrected chi connectivity index (χ4v) is 3.80. The number of halogens is 1. The lowest BCUT2D eigenvalue weighted by atomic mass is 9.97. The van der Waals surface area contributed by atoms with E-state index in [0.717, 1.165) is 44.9 Å². The van der Waals surface area contributed by atoms with Crippen molar-refractivity contribution < 1.29 is 9.53 Å². The van der Waals surface area contributed by atoms with E-state index < -0.39 is 0 Å². The zero-order valence-corrected chi connectivity index (χ0v) is 19.3. The van der Waals surface area contributed by atoms with Gasteiger partial charge in [0, 0.05) is 43.8 Å². The summed E-state index contributed by atoms with van der Waals surface area (Å²) in [5.41, 5.74) is 3.81. The van der Waals surface area contributed by atoms with Gasteiger partial charge in [-0.05, 0) is 44.2 Å². The van der Waals surface area contributed by atoms with E-state index in [0.29, 0.717) is 6.61 Å². The monoisotopic (exact) mass is 498 g/mol. The lowest BCUT2D eigenvalue weighted by Crippen LogP contribution is -2.47. The maximum Gasteiger partial charge on any atom is 0.309 e. The Balaban J connectivity index is 0.00000280. The lowest BCUT2D eigenvalue weighted by molar-refractivity contribution is -0.149.